The molecule has 0 aliphatic carbocycles. The fraction of sp³-hybridized carbons (Fsp3) is 0.235. The molecule has 1 aliphatic rings. The van der Waals surface area contributed by atoms with E-state index in [1.54, 1.807) is 24.0 Å². The van der Waals surface area contributed by atoms with E-state index in [2.05, 4.69) is 0 Å². The Kier molecular flexibility index (Phi) is 3.37. The molecule has 0 aromatic heterocycles. The van der Waals surface area contributed by atoms with Crippen LogP contribution in [0.25, 0.3) is 0 Å². The van der Waals surface area contributed by atoms with Gasteiger partial charge in [-0.05, 0) is 55.2 Å². The van der Waals surface area contributed by atoms with Crippen molar-refractivity contribution in [3.05, 3.63) is 58.9 Å². The van der Waals surface area contributed by atoms with Gasteiger partial charge in [0.2, 0.25) is 0 Å². The minimum atomic E-state index is -0.356. The normalized spacial score (nSPS) is 13.9. The molecule has 0 radical (unpaired) electrons. The third kappa shape index (κ3) is 2.37. The molecule has 4 heteroatoms. The van der Waals surface area contributed by atoms with Crippen LogP contribution in [-0.2, 0) is 6.42 Å². The lowest BCUT2D eigenvalue weighted by Gasteiger charge is -2.30. The maximum Gasteiger partial charge on any atom is 0.258 e. The van der Waals surface area contributed by atoms with Gasteiger partial charge in [-0.1, -0.05) is 12.1 Å². The van der Waals surface area contributed by atoms with Crippen LogP contribution in [0.5, 0.6) is 0 Å². The van der Waals surface area contributed by atoms with Crippen molar-refractivity contribution in [1.29, 1.82) is 0 Å². The molecule has 21 heavy (non-hydrogen) atoms. The first-order chi connectivity index (χ1) is 10.1. The number of hydrogen-bond donors (Lipinski definition) is 1. The molecule has 0 fully saturated rings. The molecule has 3 nitrogen and oxygen atoms in total. The number of amides is 1. The largest absolute Gasteiger partial charge is 0.398 e. The van der Waals surface area contributed by atoms with Crippen LogP contribution < -0.4 is 10.6 Å². The van der Waals surface area contributed by atoms with Gasteiger partial charge in [-0.15, -0.1) is 0 Å². The summed E-state index contributed by atoms with van der Waals surface area (Å²) >= 11 is 0. The van der Waals surface area contributed by atoms with Crippen molar-refractivity contribution in [2.45, 2.75) is 19.8 Å². The van der Waals surface area contributed by atoms with Gasteiger partial charge in [0.15, 0.2) is 0 Å². The van der Waals surface area contributed by atoms with Gasteiger partial charge in [0.1, 0.15) is 5.82 Å². The monoisotopic (exact) mass is 284 g/mol. The highest BCUT2D eigenvalue weighted by molar-refractivity contribution is 6.07. The van der Waals surface area contributed by atoms with Crippen molar-refractivity contribution in [2.75, 3.05) is 17.2 Å². The molecule has 0 saturated heterocycles. The lowest BCUT2D eigenvalue weighted by Crippen LogP contribution is -2.35. The Bertz CT molecular complexity index is 712. The number of fused-ring (bicyclic) bond motifs is 1. The van der Waals surface area contributed by atoms with Crippen LogP contribution in [0.15, 0.2) is 36.4 Å². The molecule has 0 unspecified atom stereocenters. The Labute approximate surface area is 123 Å². The average Bonchev–Trinajstić information content (AvgIpc) is 2.49. The summed E-state index contributed by atoms with van der Waals surface area (Å²) in [4.78, 5) is 14.3. The summed E-state index contributed by atoms with van der Waals surface area (Å²) in [5.74, 6) is -0.536. The molecule has 2 N–H and O–H groups in total. The summed E-state index contributed by atoms with van der Waals surface area (Å²) in [5.41, 5.74) is 9.45. The molecule has 1 heterocycles. The number of nitrogen functional groups attached to an aromatic ring is 1. The van der Waals surface area contributed by atoms with Crippen LogP contribution in [0.1, 0.15) is 27.9 Å². The van der Waals surface area contributed by atoms with E-state index in [0.29, 0.717) is 23.4 Å². The zero-order valence-electron chi connectivity index (χ0n) is 11.9. The number of carbonyl (C=O) groups is 1. The molecule has 0 saturated carbocycles. The lowest BCUT2D eigenvalue weighted by atomic mass is 9.99. The number of halogens is 1. The van der Waals surface area contributed by atoms with E-state index in [4.69, 9.17) is 5.73 Å². The number of carbonyl (C=O) groups excluding carboxylic acids is 1. The fourth-order valence-electron chi connectivity index (χ4n) is 2.74. The summed E-state index contributed by atoms with van der Waals surface area (Å²) in [6.07, 6.45) is 1.73. The van der Waals surface area contributed by atoms with Crippen LogP contribution in [0.3, 0.4) is 0 Å². The van der Waals surface area contributed by atoms with Crippen molar-refractivity contribution in [2.24, 2.45) is 0 Å². The number of hydrogen-bond acceptors (Lipinski definition) is 2. The van der Waals surface area contributed by atoms with Gasteiger partial charge in [0.05, 0.1) is 0 Å². The average molecular weight is 284 g/mol. The quantitative estimate of drug-likeness (QED) is 0.817. The fourth-order valence-corrected chi connectivity index (χ4v) is 2.74. The zero-order chi connectivity index (χ0) is 15.0. The van der Waals surface area contributed by atoms with Gasteiger partial charge in [-0.2, -0.15) is 0 Å². The molecule has 1 aliphatic heterocycles. The van der Waals surface area contributed by atoms with Gasteiger partial charge in [-0.3, -0.25) is 4.79 Å². The highest BCUT2D eigenvalue weighted by Crippen LogP contribution is 2.32. The Morgan fingerprint density at radius 2 is 2.10 bits per heavy atom. The first kappa shape index (κ1) is 13.6. The van der Waals surface area contributed by atoms with Crippen LogP contribution in [-0.4, -0.2) is 12.5 Å². The van der Waals surface area contributed by atoms with Gasteiger partial charge in [-0.25, -0.2) is 4.39 Å². The summed E-state index contributed by atoms with van der Waals surface area (Å²) in [6, 6.07) is 10.2. The van der Waals surface area contributed by atoms with E-state index in [0.717, 1.165) is 24.1 Å². The van der Waals surface area contributed by atoms with Crippen LogP contribution in [0.2, 0.25) is 0 Å². The number of nitrogens with zero attached hydrogens (tertiary/aromatic N) is 1. The molecule has 3 rings (SSSR count). The van der Waals surface area contributed by atoms with Crippen LogP contribution in [0.4, 0.5) is 15.8 Å². The van der Waals surface area contributed by atoms with Gasteiger partial charge in [0.25, 0.3) is 5.91 Å². The predicted octanol–water partition coefficient (Wildman–Crippen LogP) is 3.31. The number of benzene rings is 2. The Morgan fingerprint density at radius 3 is 2.86 bits per heavy atom. The zero-order valence-corrected chi connectivity index (χ0v) is 11.9. The number of anilines is 2. The first-order valence-corrected chi connectivity index (χ1v) is 7.03. The summed E-state index contributed by atoms with van der Waals surface area (Å²) in [5, 5.41) is 0. The second-order valence-corrected chi connectivity index (χ2v) is 5.37. The standard InChI is InChI=1S/C17H17FN2O/c1-11-7-8-12(10-14(11)18)17(21)20-9-3-4-13-15(19)5-2-6-16(13)20/h2,5-8,10H,3-4,9,19H2,1H3. The Morgan fingerprint density at radius 1 is 1.29 bits per heavy atom. The van der Waals surface area contributed by atoms with E-state index < -0.39 is 0 Å². The van der Waals surface area contributed by atoms with E-state index >= 15 is 0 Å². The summed E-state index contributed by atoms with van der Waals surface area (Å²) < 4.78 is 13.7. The first-order valence-electron chi connectivity index (χ1n) is 7.03. The van der Waals surface area contributed by atoms with Crippen molar-refractivity contribution >= 4 is 17.3 Å². The molecule has 0 spiro atoms. The predicted molar refractivity (Wildman–Crippen MR) is 82.0 cm³/mol. The topological polar surface area (TPSA) is 46.3 Å². The van der Waals surface area contributed by atoms with Crippen molar-refractivity contribution in [3.63, 3.8) is 0 Å². The molecule has 1 amide bonds. The Hall–Kier alpha value is -2.36. The van der Waals surface area contributed by atoms with E-state index in [1.807, 2.05) is 18.2 Å². The highest BCUT2D eigenvalue weighted by Gasteiger charge is 2.24. The number of aryl methyl sites for hydroxylation is 1. The van der Waals surface area contributed by atoms with Crippen molar-refractivity contribution in [3.8, 4) is 0 Å². The van der Waals surface area contributed by atoms with Crippen LogP contribution >= 0.6 is 0 Å². The minimum Gasteiger partial charge on any atom is -0.398 e. The third-order valence-corrected chi connectivity index (χ3v) is 3.95. The molecule has 108 valence electrons. The molecule has 0 atom stereocenters. The maximum absolute atomic E-state index is 13.7. The Balaban J connectivity index is 2.00. The second-order valence-electron chi connectivity index (χ2n) is 5.37. The van der Waals surface area contributed by atoms with Crippen LogP contribution in [0, 0.1) is 12.7 Å². The molecular formula is C17H17FN2O. The summed E-state index contributed by atoms with van der Waals surface area (Å²) in [6.45, 7) is 2.31. The molecule has 0 bridgehead atoms. The van der Waals surface area contributed by atoms with Crippen molar-refractivity contribution in [1.82, 2.24) is 0 Å². The van der Waals surface area contributed by atoms with E-state index in [1.165, 1.54) is 6.07 Å². The molecular weight excluding hydrogens is 267 g/mol. The lowest BCUT2D eigenvalue weighted by molar-refractivity contribution is 0.0984. The maximum atomic E-state index is 13.7. The van der Waals surface area contributed by atoms with E-state index in [-0.39, 0.29) is 11.7 Å². The summed E-state index contributed by atoms with van der Waals surface area (Å²) in [7, 11) is 0. The number of rotatable bonds is 1. The third-order valence-electron chi connectivity index (χ3n) is 3.95. The van der Waals surface area contributed by atoms with Crippen molar-refractivity contribution < 1.29 is 9.18 Å². The van der Waals surface area contributed by atoms with E-state index in [9.17, 15) is 9.18 Å². The highest BCUT2D eigenvalue weighted by atomic mass is 19.1. The smallest absolute Gasteiger partial charge is 0.258 e. The van der Waals surface area contributed by atoms with Gasteiger partial charge < -0.3 is 10.6 Å². The molecule has 2 aromatic rings. The molecule has 2 aromatic carbocycles. The van der Waals surface area contributed by atoms with Gasteiger partial charge in [0, 0.05) is 23.5 Å². The number of nitrogens with two attached hydrogens (primary N) is 1. The SMILES string of the molecule is Cc1ccc(C(=O)N2CCCc3c(N)cccc32)cc1F. The minimum absolute atomic E-state index is 0.180. The second kappa shape index (κ2) is 5.20. The van der Waals surface area contributed by atoms with Gasteiger partial charge >= 0.3 is 0 Å².